The fourth-order valence-corrected chi connectivity index (χ4v) is 4.64. The van der Waals surface area contributed by atoms with E-state index < -0.39 is 35.6 Å². The van der Waals surface area contributed by atoms with Gasteiger partial charge in [-0.15, -0.1) is 0 Å². The van der Waals surface area contributed by atoms with Crippen LogP contribution in [-0.2, 0) is 11.2 Å². The summed E-state index contributed by atoms with van der Waals surface area (Å²) in [7, 11) is 0. The zero-order valence-electron chi connectivity index (χ0n) is 22.1. The molecule has 0 fully saturated rings. The molecule has 16 heteroatoms. The molecule has 6 N–H and O–H groups in total. The van der Waals surface area contributed by atoms with Gasteiger partial charge in [0.25, 0.3) is 5.91 Å². The van der Waals surface area contributed by atoms with Gasteiger partial charge in [-0.2, -0.15) is 9.28 Å². The minimum Gasteiger partial charge on any atom is -0.395 e. The van der Waals surface area contributed by atoms with Crippen LogP contribution in [0.15, 0.2) is 39.0 Å². The summed E-state index contributed by atoms with van der Waals surface area (Å²) in [6.07, 6.45) is 0.720. The molecule has 0 radical (unpaired) electrons. The lowest BCUT2D eigenvalue weighted by Crippen LogP contribution is -2.41. The molecule has 0 bridgehead atoms. The molecule has 0 saturated heterocycles. The van der Waals surface area contributed by atoms with Crippen molar-refractivity contribution < 1.29 is 33.4 Å². The lowest BCUT2D eigenvalue weighted by atomic mass is 10.0. The van der Waals surface area contributed by atoms with Gasteiger partial charge in [0, 0.05) is 36.1 Å². The highest BCUT2D eigenvalue weighted by Gasteiger charge is 2.23. The number of primary amides is 1. The van der Waals surface area contributed by atoms with Gasteiger partial charge in [0.2, 0.25) is 5.91 Å². The maximum atomic E-state index is 14.4. The standard InChI is InChI=1S/C22H27BrF2N6O6S.C2H6/c23-12-1-3-15(24)14(16(25)9-12)2-4-17-19(20(26)35)21(38-30-17)29-22(36)27-11-13(33)10-18(34)31(7-8-32)6-5-28-37;1-2/h1,9,13,32-33H,2-8,10-11H2,(H2,26,35)(H2,27,29,36);1-2H3. The number of nitrogens with two attached hydrogens (primary N) is 1. The molecule has 1 aliphatic rings. The molecule has 1 aliphatic carbocycles. The van der Waals surface area contributed by atoms with Crippen molar-refractivity contribution in [3.63, 3.8) is 0 Å². The predicted molar refractivity (Wildman–Crippen MR) is 151 cm³/mol. The van der Waals surface area contributed by atoms with Crippen LogP contribution in [-0.4, -0.2) is 76.2 Å². The number of nitroso groups, excluding NO2 is 1. The molecule has 0 saturated carbocycles. The molecule has 1 aromatic rings. The maximum absolute atomic E-state index is 14.4. The third kappa shape index (κ3) is 11.2. The number of urea groups is 1. The maximum Gasteiger partial charge on any atom is 0.319 e. The molecule has 1 atom stereocenters. The Morgan fingerprint density at radius 1 is 1.27 bits per heavy atom. The first kappa shape index (κ1) is 34.9. The van der Waals surface area contributed by atoms with Crippen molar-refractivity contribution in [2.45, 2.75) is 45.6 Å². The number of nitrogens with zero attached hydrogens (tertiary/aromatic N) is 3. The Hall–Kier alpha value is -3.08. The molecule has 12 nitrogen and oxygen atoms in total. The van der Waals surface area contributed by atoms with E-state index in [1.807, 2.05) is 13.8 Å². The van der Waals surface area contributed by atoms with Gasteiger partial charge in [-0.05, 0) is 30.5 Å². The number of hydrogen-bond donors (Lipinski definition) is 5. The molecule has 0 spiro atoms. The van der Waals surface area contributed by atoms with Crippen molar-refractivity contribution in [3.05, 3.63) is 50.0 Å². The van der Waals surface area contributed by atoms with Crippen LogP contribution in [0.25, 0.3) is 0 Å². The van der Waals surface area contributed by atoms with E-state index in [9.17, 15) is 33.2 Å². The van der Waals surface area contributed by atoms with Gasteiger partial charge in [0.1, 0.15) is 16.7 Å². The van der Waals surface area contributed by atoms with E-state index in [4.69, 9.17) is 10.8 Å². The normalized spacial score (nSPS) is 13.7. The molecule has 2 rings (SSSR count). The minimum absolute atomic E-state index is 0.00166. The first-order valence-electron chi connectivity index (χ1n) is 12.4. The summed E-state index contributed by atoms with van der Waals surface area (Å²) in [5.41, 5.74) is 5.34. The van der Waals surface area contributed by atoms with Crippen molar-refractivity contribution >= 4 is 50.3 Å². The highest BCUT2D eigenvalue weighted by Crippen LogP contribution is 2.32. The lowest BCUT2D eigenvalue weighted by molar-refractivity contribution is -0.133. The summed E-state index contributed by atoms with van der Waals surface area (Å²) in [5, 5.41) is 26.5. The van der Waals surface area contributed by atoms with Crippen LogP contribution in [0.4, 0.5) is 18.6 Å². The summed E-state index contributed by atoms with van der Waals surface area (Å²) in [6.45, 7) is 3.09. The number of rotatable bonds is 14. The fourth-order valence-electron chi connectivity index (χ4n) is 3.44. The predicted octanol–water partition coefficient (Wildman–Crippen LogP) is 3.42. The van der Waals surface area contributed by atoms with E-state index in [1.165, 1.54) is 6.08 Å². The number of halogens is 3. The summed E-state index contributed by atoms with van der Waals surface area (Å²) < 4.78 is 33.2. The number of amides is 4. The van der Waals surface area contributed by atoms with Gasteiger partial charge in [-0.3, -0.25) is 14.9 Å². The van der Waals surface area contributed by atoms with Gasteiger partial charge in [-0.1, -0.05) is 41.0 Å². The molecule has 0 aromatic carbocycles. The second-order valence-electron chi connectivity index (χ2n) is 8.02. The Kier molecular flexibility index (Phi) is 16.0. The number of nitrogens with one attached hydrogen (secondary N) is 2. The van der Waals surface area contributed by atoms with Gasteiger partial charge < -0.3 is 26.2 Å². The van der Waals surface area contributed by atoms with Crippen molar-refractivity contribution in [2.75, 3.05) is 38.1 Å². The topological polar surface area (TPSA) is 187 Å². The van der Waals surface area contributed by atoms with Crippen LogP contribution in [0, 0.1) is 4.91 Å². The number of aliphatic hydroxyl groups excluding tert-OH is 2. The Bertz CT molecular complexity index is 1140. The zero-order valence-corrected chi connectivity index (χ0v) is 24.5. The number of hydrogen-bond acceptors (Lipinski definition) is 9. The van der Waals surface area contributed by atoms with Crippen LogP contribution in [0.1, 0.15) is 49.2 Å². The Morgan fingerprint density at radius 2 is 1.98 bits per heavy atom. The number of carbonyl (C=O) groups is 3. The molecule has 222 valence electrons. The Morgan fingerprint density at radius 3 is 2.60 bits per heavy atom. The summed E-state index contributed by atoms with van der Waals surface area (Å²) in [4.78, 5) is 48.0. The van der Waals surface area contributed by atoms with E-state index in [1.54, 1.807) is 0 Å². The third-order valence-electron chi connectivity index (χ3n) is 5.30. The number of allylic oxidation sites excluding steroid dienone is 6. The second kappa shape index (κ2) is 18.3. The first-order valence-corrected chi connectivity index (χ1v) is 13.9. The van der Waals surface area contributed by atoms with Crippen LogP contribution in [0.3, 0.4) is 0 Å². The van der Waals surface area contributed by atoms with Crippen LogP contribution in [0.2, 0.25) is 0 Å². The largest absolute Gasteiger partial charge is 0.395 e. The minimum atomic E-state index is -1.29. The van der Waals surface area contributed by atoms with Gasteiger partial charge in [0.05, 0.1) is 36.9 Å². The molecular weight excluding hydrogens is 618 g/mol. The molecular formula is C24H33BrF2N6O6S. The van der Waals surface area contributed by atoms with Crippen molar-refractivity contribution in [1.29, 1.82) is 0 Å². The fraction of sp³-hybridized carbons (Fsp3) is 0.500. The lowest BCUT2D eigenvalue weighted by Gasteiger charge is -2.22. The van der Waals surface area contributed by atoms with E-state index in [2.05, 4.69) is 36.1 Å². The van der Waals surface area contributed by atoms with Gasteiger partial charge in [-0.25, -0.2) is 13.6 Å². The van der Waals surface area contributed by atoms with Gasteiger partial charge >= 0.3 is 6.03 Å². The average Bonchev–Trinajstić information content (AvgIpc) is 3.26. The van der Waals surface area contributed by atoms with Crippen LogP contribution < -0.4 is 16.4 Å². The number of anilines is 1. The van der Waals surface area contributed by atoms with E-state index in [-0.39, 0.29) is 80.3 Å². The van der Waals surface area contributed by atoms with Crippen molar-refractivity contribution in [1.82, 2.24) is 14.6 Å². The third-order valence-corrected chi connectivity index (χ3v) is 6.65. The summed E-state index contributed by atoms with van der Waals surface area (Å²) in [5.74, 6) is -2.86. The highest BCUT2D eigenvalue weighted by atomic mass is 79.9. The SMILES string of the molecule is CC.NC(=O)c1c(CCC2=C(F)CC=C(Br)C=C2F)nsc1NC(=O)NCC(O)CC(=O)N(CCO)CCN=O. The monoisotopic (exact) mass is 650 g/mol. The average molecular weight is 652 g/mol. The first-order chi connectivity index (χ1) is 19.1. The number of aryl methyl sites for hydroxylation is 1. The Balaban J connectivity index is 0.00000391. The summed E-state index contributed by atoms with van der Waals surface area (Å²) >= 11 is 3.86. The molecule has 4 amide bonds. The smallest absolute Gasteiger partial charge is 0.319 e. The van der Waals surface area contributed by atoms with Gasteiger partial charge in [0.15, 0.2) is 0 Å². The summed E-state index contributed by atoms with van der Waals surface area (Å²) in [6, 6.07) is -0.825. The molecule has 40 heavy (non-hydrogen) atoms. The zero-order chi connectivity index (χ0) is 30.2. The molecule has 1 aromatic heterocycles. The molecule has 0 aliphatic heterocycles. The highest BCUT2D eigenvalue weighted by molar-refractivity contribution is 9.11. The van der Waals surface area contributed by atoms with Crippen molar-refractivity contribution in [2.24, 2.45) is 10.9 Å². The second-order valence-corrected chi connectivity index (χ2v) is 9.71. The number of aliphatic hydroxyl groups is 2. The van der Waals surface area contributed by atoms with Crippen LogP contribution >= 0.6 is 27.5 Å². The number of aromatic nitrogens is 1. The van der Waals surface area contributed by atoms with E-state index in [0.717, 1.165) is 22.5 Å². The molecule has 1 unspecified atom stereocenters. The van der Waals surface area contributed by atoms with E-state index in [0.29, 0.717) is 4.48 Å². The number of carbonyl (C=O) groups excluding carboxylic acids is 3. The van der Waals surface area contributed by atoms with Crippen LogP contribution in [0.5, 0.6) is 0 Å². The van der Waals surface area contributed by atoms with Crippen molar-refractivity contribution in [3.8, 4) is 0 Å². The Labute approximate surface area is 242 Å². The quantitative estimate of drug-likeness (QED) is 0.191. The van der Waals surface area contributed by atoms with E-state index >= 15 is 0 Å². The molecule has 1 heterocycles.